The predicted octanol–water partition coefficient (Wildman–Crippen LogP) is 2.32. The molecule has 1 fully saturated rings. The van der Waals surface area contributed by atoms with Gasteiger partial charge in [0.25, 0.3) is 0 Å². The number of rotatable bonds is 4. The van der Waals surface area contributed by atoms with Crippen molar-refractivity contribution in [3.63, 3.8) is 0 Å². The largest absolute Gasteiger partial charge is 0.355 e. The van der Waals surface area contributed by atoms with Crippen LogP contribution in [-0.2, 0) is 10.0 Å². The molecule has 0 amide bonds. The molecule has 21 heavy (non-hydrogen) atoms. The summed E-state index contributed by atoms with van der Waals surface area (Å²) in [5.74, 6) is 0.755. The van der Waals surface area contributed by atoms with Crippen molar-refractivity contribution in [2.24, 2.45) is 0 Å². The van der Waals surface area contributed by atoms with Crippen LogP contribution in [-0.4, -0.2) is 50.3 Å². The van der Waals surface area contributed by atoms with Gasteiger partial charge in [0.05, 0.1) is 5.38 Å². The van der Waals surface area contributed by atoms with Gasteiger partial charge in [0.15, 0.2) is 0 Å². The van der Waals surface area contributed by atoms with E-state index in [0.717, 1.165) is 18.7 Å². The van der Waals surface area contributed by atoms with E-state index in [2.05, 4.69) is 9.88 Å². The van der Waals surface area contributed by atoms with Gasteiger partial charge in [-0.2, -0.15) is 0 Å². The highest BCUT2D eigenvalue weighted by atomic mass is 35.5. The number of hydrogen-bond acceptors (Lipinski definition) is 4. The van der Waals surface area contributed by atoms with Crippen LogP contribution in [0.25, 0.3) is 0 Å². The standard InChI is InChI=1S/C14H22ClN3O2S/c1-17(2)21(19,20)11-8-9-14(16-10-11)18(3)13-7-5-4-6-12(13)15/h8-10,12-13H,4-7H2,1-3H3. The van der Waals surface area contributed by atoms with E-state index < -0.39 is 10.0 Å². The number of pyridine rings is 1. The van der Waals surface area contributed by atoms with Gasteiger partial charge in [-0.1, -0.05) is 12.8 Å². The third kappa shape index (κ3) is 3.49. The van der Waals surface area contributed by atoms with Crippen molar-refractivity contribution >= 4 is 27.4 Å². The first-order chi connectivity index (χ1) is 9.84. The monoisotopic (exact) mass is 331 g/mol. The third-order valence-corrected chi connectivity index (χ3v) is 6.31. The average molecular weight is 332 g/mol. The highest BCUT2D eigenvalue weighted by molar-refractivity contribution is 7.89. The zero-order valence-corrected chi connectivity index (χ0v) is 14.2. The first-order valence-electron chi connectivity index (χ1n) is 7.09. The fraction of sp³-hybridized carbons (Fsp3) is 0.643. The molecule has 1 heterocycles. The molecule has 7 heteroatoms. The van der Waals surface area contributed by atoms with Crippen molar-refractivity contribution in [2.75, 3.05) is 26.0 Å². The molecule has 0 spiro atoms. The van der Waals surface area contributed by atoms with E-state index in [1.165, 1.54) is 37.4 Å². The van der Waals surface area contributed by atoms with Gasteiger partial charge in [0.1, 0.15) is 10.7 Å². The van der Waals surface area contributed by atoms with Crippen molar-refractivity contribution in [3.05, 3.63) is 18.3 Å². The Morgan fingerprint density at radius 3 is 2.38 bits per heavy atom. The fourth-order valence-electron chi connectivity index (χ4n) is 2.62. The van der Waals surface area contributed by atoms with Crippen molar-refractivity contribution < 1.29 is 8.42 Å². The topological polar surface area (TPSA) is 53.5 Å². The fourth-order valence-corrected chi connectivity index (χ4v) is 3.91. The number of hydrogen-bond donors (Lipinski definition) is 0. The molecule has 0 N–H and O–H groups in total. The summed E-state index contributed by atoms with van der Waals surface area (Å²) in [6.07, 6.45) is 5.82. The number of halogens is 1. The highest BCUT2D eigenvalue weighted by Crippen LogP contribution is 2.29. The smallest absolute Gasteiger partial charge is 0.244 e. The molecule has 0 aromatic carbocycles. The molecular formula is C14H22ClN3O2S. The van der Waals surface area contributed by atoms with Crippen LogP contribution >= 0.6 is 11.6 Å². The molecule has 1 aromatic heterocycles. The van der Waals surface area contributed by atoms with Crippen LogP contribution in [0.3, 0.4) is 0 Å². The van der Waals surface area contributed by atoms with E-state index in [4.69, 9.17) is 11.6 Å². The van der Waals surface area contributed by atoms with Crippen molar-refractivity contribution in [2.45, 2.75) is 42.0 Å². The number of alkyl halides is 1. The van der Waals surface area contributed by atoms with Gasteiger partial charge in [-0.15, -0.1) is 11.6 Å². The van der Waals surface area contributed by atoms with Crippen LogP contribution in [0.2, 0.25) is 0 Å². The molecule has 2 atom stereocenters. The van der Waals surface area contributed by atoms with Gasteiger partial charge in [0, 0.05) is 33.4 Å². The predicted molar refractivity (Wildman–Crippen MR) is 85.4 cm³/mol. The Morgan fingerprint density at radius 2 is 1.86 bits per heavy atom. The third-order valence-electron chi connectivity index (χ3n) is 4.01. The van der Waals surface area contributed by atoms with Gasteiger partial charge >= 0.3 is 0 Å². The van der Waals surface area contributed by atoms with E-state index >= 15 is 0 Å². The molecule has 2 unspecified atom stereocenters. The maximum Gasteiger partial charge on any atom is 0.244 e. The zero-order valence-electron chi connectivity index (χ0n) is 12.7. The second kappa shape index (κ2) is 6.50. The summed E-state index contributed by atoms with van der Waals surface area (Å²) in [6, 6.07) is 3.60. The molecule has 118 valence electrons. The Kier molecular flexibility index (Phi) is 5.11. The summed E-state index contributed by atoms with van der Waals surface area (Å²) >= 11 is 6.40. The Morgan fingerprint density at radius 1 is 1.19 bits per heavy atom. The van der Waals surface area contributed by atoms with E-state index in [1.54, 1.807) is 12.1 Å². The van der Waals surface area contributed by atoms with Gasteiger partial charge in [-0.05, 0) is 25.0 Å². The Bertz CT molecular complexity index is 574. The zero-order chi connectivity index (χ0) is 15.6. The van der Waals surface area contributed by atoms with Crippen molar-refractivity contribution in [1.29, 1.82) is 0 Å². The lowest BCUT2D eigenvalue weighted by atomic mass is 9.94. The van der Waals surface area contributed by atoms with Gasteiger partial charge in [0.2, 0.25) is 10.0 Å². The SMILES string of the molecule is CN(c1ccc(S(=O)(=O)N(C)C)cn1)C1CCCCC1Cl. The summed E-state index contributed by atoms with van der Waals surface area (Å²) in [5.41, 5.74) is 0. The highest BCUT2D eigenvalue weighted by Gasteiger charge is 2.27. The van der Waals surface area contributed by atoms with Crippen LogP contribution in [0, 0.1) is 0 Å². The Hall–Kier alpha value is -0.850. The van der Waals surface area contributed by atoms with Gasteiger partial charge in [-0.25, -0.2) is 17.7 Å². The van der Waals surface area contributed by atoms with Crippen LogP contribution in [0.15, 0.2) is 23.2 Å². The minimum atomic E-state index is -3.43. The first-order valence-corrected chi connectivity index (χ1v) is 8.97. The summed E-state index contributed by atoms with van der Waals surface area (Å²) in [6.45, 7) is 0. The van der Waals surface area contributed by atoms with E-state index in [0.29, 0.717) is 0 Å². The molecule has 5 nitrogen and oxygen atoms in total. The molecule has 1 saturated carbocycles. The van der Waals surface area contributed by atoms with Crippen LogP contribution < -0.4 is 4.90 Å². The molecule has 0 bridgehead atoms. The van der Waals surface area contributed by atoms with E-state index in [9.17, 15) is 8.42 Å². The number of anilines is 1. The second-order valence-electron chi connectivity index (χ2n) is 5.62. The van der Waals surface area contributed by atoms with Crippen LogP contribution in [0.5, 0.6) is 0 Å². The lowest BCUT2D eigenvalue weighted by molar-refractivity contribution is 0.432. The molecule has 0 saturated heterocycles. The molecule has 0 radical (unpaired) electrons. The van der Waals surface area contributed by atoms with Gasteiger partial charge < -0.3 is 4.90 Å². The van der Waals surface area contributed by atoms with Crippen molar-refractivity contribution in [1.82, 2.24) is 9.29 Å². The molecule has 1 aliphatic rings. The minimum absolute atomic E-state index is 0.121. The van der Waals surface area contributed by atoms with Crippen LogP contribution in [0.1, 0.15) is 25.7 Å². The summed E-state index contributed by atoms with van der Waals surface area (Å²) in [7, 11) is 1.56. The molecular weight excluding hydrogens is 310 g/mol. The number of sulfonamides is 1. The maximum absolute atomic E-state index is 12.0. The Labute approximate surface area is 132 Å². The number of aromatic nitrogens is 1. The molecule has 1 aromatic rings. The maximum atomic E-state index is 12.0. The van der Waals surface area contributed by atoms with E-state index in [-0.39, 0.29) is 16.3 Å². The summed E-state index contributed by atoms with van der Waals surface area (Å²) < 4.78 is 25.2. The summed E-state index contributed by atoms with van der Waals surface area (Å²) in [4.78, 5) is 6.56. The average Bonchev–Trinajstić information content (AvgIpc) is 2.47. The van der Waals surface area contributed by atoms with Crippen molar-refractivity contribution in [3.8, 4) is 0 Å². The van der Waals surface area contributed by atoms with Crippen LogP contribution in [0.4, 0.5) is 5.82 Å². The first kappa shape index (κ1) is 16.5. The normalized spacial score (nSPS) is 23.3. The quantitative estimate of drug-likeness (QED) is 0.794. The second-order valence-corrected chi connectivity index (χ2v) is 8.33. The molecule has 0 aliphatic heterocycles. The molecule has 2 rings (SSSR count). The lowest BCUT2D eigenvalue weighted by Gasteiger charge is -2.35. The lowest BCUT2D eigenvalue weighted by Crippen LogP contribution is -2.41. The Balaban J connectivity index is 2.19. The van der Waals surface area contributed by atoms with E-state index in [1.807, 2.05) is 7.05 Å². The van der Waals surface area contributed by atoms with Gasteiger partial charge in [-0.3, -0.25) is 0 Å². The minimum Gasteiger partial charge on any atom is -0.355 e. The summed E-state index contributed by atoms with van der Waals surface area (Å²) in [5, 5.41) is 0.121. The number of nitrogens with zero attached hydrogens (tertiary/aromatic N) is 3. The molecule has 1 aliphatic carbocycles.